The van der Waals surface area contributed by atoms with Crippen LogP contribution in [-0.4, -0.2) is 36.0 Å². The number of nitrogens with zero attached hydrogens (tertiary/aromatic N) is 2. The Morgan fingerprint density at radius 2 is 1.92 bits per heavy atom. The highest BCUT2D eigenvalue weighted by Gasteiger charge is 2.21. The van der Waals surface area contributed by atoms with Crippen molar-refractivity contribution in [3.8, 4) is 34.2 Å². The van der Waals surface area contributed by atoms with E-state index in [9.17, 15) is 23.6 Å². The molecule has 3 N–H and O–H groups in total. The highest BCUT2D eigenvalue weighted by molar-refractivity contribution is 6.03. The van der Waals surface area contributed by atoms with Crippen molar-refractivity contribution in [3.63, 3.8) is 0 Å². The summed E-state index contributed by atoms with van der Waals surface area (Å²) in [4.78, 5) is 28.3. The van der Waals surface area contributed by atoms with E-state index >= 15 is 0 Å². The number of nitriles is 1. The van der Waals surface area contributed by atoms with Crippen LogP contribution < -0.4 is 15.4 Å². The fourth-order valence-corrected chi connectivity index (χ4v) is 3.54. The third-order valence-corrected chi connectivity index (χ3v) is 5.18. The van der Waals surface area contributed by atoms with Gasteiger partial charge in [0.15, 0.2) is 18.4 Å². The molecule has 0 radical (unpaired) electrons. The summed E-state index contributed by atoms with van der Waals surface area (Å²) in [7, 11) is 1.39. The number of methoxy groups -OCH3 is 1. The number of ether oxygens (including phenoxy) is 2. The van der Waals surface area contributed by atoms with Gasteiger partial charge in [0.25, 0.3) is 5.91 Å². The maximum absolute atomic E-state index is 14.3. The molecule has 0 aliphatic rings. The largest absolute Gasteiger partial charge is 0.467 e. The zero-order chi connectivity index (χ0) is 27.2. The van der Waals surface area contributed by atoms with Crippen molar-refractivity contribution >= 4 is 23.5 Å². The Balaban J connectivity index is 1.94. The lowest BCUT2D eigenvalue weighted by Gasteiger charge is -2.16. The highest BCUT2D eigenvalue weighted by atomic mass is 19.1. The molecule has 0 spiro atoms. The number of nitrogens with one attached hydrogen (secondary N) is 2. The number of hydrogen-bond acceptors (Lipinski definition) is 7. The van der Waals surface area contributed by atoms with Crippen molar-refractivity contribution in [2.24, 2.45) is 0 Å². The van der Waals surface area contributed by atoms with E-state index in [0.717, 1.165) is 12.1 Å². The van der Waals surface area contributed by atoms with Crippen molar-refractivity contribution in [1.29, 1.82) is 5.26 Å². The minimum Gasteiger partial charge on any atom is -0.467 e. The highest BCUT2D eigenvalue weighted by Crippen LogP contribution is 2.37. The van der Waals surface area contributed by atoms with E-state index < -0.39 is 23.6 Å². The lowest BCUT2D eigenvalue weighted by atomic mass is 9.97. The second-order valence-electron chi connectivity index (χ2n) is 7.64. The molecule has 2 heterocycles. The molecule has 38 heavy (non-hydrogen) atoms. The predicted molar refractivity (Wildman–Crippen MR) is 131 cm³/mol. The van der Waals surface area contributed by atoms with Gasteiger partial charge in [0.2, 0.25) is 0 Å². The van der Waals surface area contributed by atoms with Gasteiger partial charge < -0.3 is 24.3 Å². The van der Waals surface area contributed by atoms with Gasteiger partial charge in [-0.25, -0.2) is 18.6 Å². The number of anilines is 2. The van der Waals surface area contributed by atoms with E-state index in [1.165, 1.54) is 55.8 Å². The van der Waals surface area contributed by atoms with E-state index in [4.69, 9.17) is 19.0 Å². The van der Waals surface area contributed by atoms with Gasteiger partial charge in [0, 0.05) is 24.3 Å². The van der Waals surface area contributed by atoms with E-state index in [1.54, 1.807) is 0 Å². The number of rotatable bonds is 8. The molecule has 0 bridgehead atoms. The molecule has 2 aromatic heterocycles. The smallest absolute Gasteiger partial charge is 0.409 e. The van der Waals surface area contributed by atoms with Crippen molar-refractivity contribution in [3.05, 3.63) is 83.8 Å². The average molecular weight is 520 g/mol. The molecule has 0 fully saturated rings. The van der Waals surface area contributed by atoms with Crippen molar-refractivity contribution in [2.75, 3.05) is 24.5 Å². The Morgan fingerprint density at radius 1 is 1.11 bits per heavy atom. The number of hydrogen-bond donors (Lipinski definition) is 3. The molecule has 0 atom stereocenters. The molecule has 0 aliphatic heterocycles. The van der Waals surface area contributed by atoms with Gasteiger partial charge in [0.1, 0.15) is 29.0 Å². The summed E-state index contributed by atoms with van der Waals surface area (Å²) in [5, 5.41) is 23.5. The van der Waals surface area contributed by atoms with Crippen LogP contribution in [0.3, 0.4) is 0 Å². The predicted octanol–water partition coefficient (Wildman–Crippen LogP) is 5.48. The first-order valence-corrected chi connectivity index (χ1v) is 10.8. The summed E-state index contributed by atoms with van der Waals surface area (Å²) in [6.07, 6.45) is -0.197. The van der Waals surface area contributed by atoms with Crippen LogP contribution in [0.1, 0.15) is 16.1 Å². The SMILES string of the molecule is COCOc1cc(F)ccc1-c1cc(-c2ccc(F)c(NC(=O)O)c2)c(C#N)c(NC(=O)c2ccco2)n1. The maximum atomic E-state index is 14.3. The Morgan fingerprint density at radius 3 is 2.61 bits per heavy atom. The number of carboxylic acid groups (broad SMARTS) is 1. The molecule has 12 heteroatoms. The van der Waals surface area contributed by atoms with Crippen molar-refractivity contribution < 1.29 is 37.4 Å². The Hall–Kier alpha value is -5.28. The van der Waals surface area contributed by atoms with Crippen LogP contribution in [0.15, 0.2) is 65.3 Å². The third kappa shape index (κ3) is 5.58. The zero-order valence-corrected chi connectivity index (χ0v) is 19.6. The average Bonchev–Trinajstić information content (AvgIpc) is 3.43. The van der Waals surface area contributed by atoms with Crippen LogP contribution in [0.5, 0.6) is 5.75 Å². The summed E-state index contributed by atoms with van der Waals surface area (Å²) < 4.78 is 43.8. The first kappa shape index (κ1) is 25.8. The van der Waals surface area contributed by atoms with E-state index in [0.29, 0.717) is 0 Å². The lowest BCUT2D eigenvalue weighted by molar-refractivity contribution is 0.0513. The number of amides is 2. The van der Waals surface area contributed by atoms with Crippen LogP contribution in [-0.2, 0) is 4.74 Å². The Bertz CT molecular complexity index is 1550. The van der Waals surface area contributed by atoms with Gasteiger partial charge in [-0.3, -0.25) is 10.1 Å². The van der Waals surface area contributed by atoms with Crippen LogP contribution in [0.4, 0.5) is 25.1 Å². The molecule has 2 amide bonds. The molecule has 10 nitrogen and oxygen atoms in total. The molecule has 4 rings (SSSR count). The first-order valence-electron chi connectivity index (χ1n) is 10.8. The molecule has 0 saturated heterocycles. The van der Waals surface area contributed by atoms with Crippen LogP contribution >= 0.6 is 0 Å². The van der Waals surface area contributed by atoms with E-state index in [-0.39, 0.29) is 57.8 Å². The number of carbonyl (C=O) groups excluding carboxylic acids is 1. The van der Waals surface area contributed by atoms with Gasteiger partial charge in [-0.15, -0.1) is 0 Å². The number of aromatic nitrogens is 1. The Labute approximate surface area is 214 Å². The summed E-state index contributed by atoms with van der Waals surface area (Å²) >= 11 is 0. The lowest BCUT2D eigenvalue weighted by Crippen LogP contribution is -2.14. The van der Waals surface area contributed by atoms with Crippen LogP contribution in [0.2, 0.25) is 0 Å². The quantitative estimate of drug-likeness (QED) is 0.259. The topological polar surface area (TPSA) is 147 Å². The summed E-state index contributed by atoms with van der Waals surface area (Å²) in [6.45, 7) is -0.205. The minimum absolute atomic E-state index is 0.0525. The normalized spacial score (nSPS) is 10.5. The van der Waals surface area contributed by atoms with Crippen LogP contribution in [0.25, 0.3) is 22.4 Å². The first-order chi connectivity index (χ1) is 18.3. The summed E-state index contributed by atoms with van der Waals surface area (Å²) in [5.74, 6) is -2.31. The van der Waals surface area contributed by atoms with Crippen LogP contribution in [0, 0.1) is 23.0 Å². The van der Waals surface area contributed by atoms with Crippen molar-refractivity contribution in [2.45, 2.75) is 0 Å². The Kier molecular flexibility index (Phi) is 7.60. The molecule has 4 aromatic rings. The molecular weight excluding hydrogens is 502 g/mol. The third-order valence-electron chi connectivity index (χ3n) is 5.18. The fourth-order valence-electron chi connectivity index (χ4n) is 3.54. The number of halogens is 2. The summed E-state index contributed by atoms with van der Waals surface area (Å²) in [6, 6.07) is 13.5. The molecule has 0 aliphatic carbocycles. The van der Waals surface area contributed by atoms with Gasteiger partial charge in [-0.2, -0.15) is 5.26 Å². The van der Waals surface area contributed by atoms with E-state index in [2.05, 4.69) is 10.3 Å². The summed E-state index contributed by atoms with van der Waals surface area (Å²) in [5.41, 5.74) is 0.367. The zero-order valence-electron chi connectivity index (χ0n) is 19.6. The van der Waals surface area contributed by atoms with Gasteiger partial charge in [0.05, 0.1) is 17.6 Å². The molecule has 192 valence electrons. The second kappa shape index (κ2) is 11.2. The fraction of sp³-hybridized carbons (Fsp3) is 0.0769. The molecule has 0 saturated carbocycles. The van der Waals surface area contributed by atoms with Crippen molar-refractivity contribution in [1.82, 2.24) is 4.98 Å². The van der Waals surface area contributed by atoms with Gasteiger partial charge in [-0.1, -0.05) is 6.07 Å². The second-order valence-corrected chi connectivity index (χ2v) is 7.64. The minimum atomic E-state index is -1.49. The molecule has 2 aromatic carbocycles. The van der Waals surface area contributed by atoms with Gasteiger partial charge >= 0.3 is 6.09 Å². The maximum Gasteiger partial charge on any atom is 0.409 e. The standard InChI is InChI=1S/C26H18F2N4O6/c1-36-13-38-23-10-15(27)5-6-16(23)20-11-17(14-4-7-19(28)21(9-14)31-26(34)35)18(12-29)24(30-20)32-25(33)22-3-2-8-37-22/h2-11,31H,13H2,1H3,(H,34,35)(H,30,32,33). The number of pyridine rings is 1. The number of furan rings is 1. The van der Waals surface area contributed by atoms with E-state index in [1.807, 2.05) is 11.4 Å². The van der Waals surface area contributed by atoms with Gasteiger partial charge in [-0.05, 0) is 48.0 Å². The number of carbonyl (C=O) groups is 2. The monoisotopic (exact) mass is 520 g/mol. The number of benzene rings is 2. The molecular formula is C26H18F2N4O6. The molecule has 0 unspecified atom stereocenters.